The predicted octanol–water partition coefficient (Wildman–Crippen LogP) is 3.35. The van der Waals surface area contributed by atoms with Crippen LogP contribution in [0.2, 0.25) is 0 Å². The molecular formula is C20H31N3O3. The number of carbonyl (C=O) groups is 1. The fraction of sp³-hybridized carbons (Fsp3) is 0.650. The Labute approximate surface area is 155 Å². The average molecular weight is 361 g/mol. The maximum atomic E-state index is 10.2. The van der Waals surface area contributed by atoms with Gasteiger partial charge in [-0.1, -0.05) is 26.2 Å². The van der Waals surface area contributed by atoms with E-state index in [-0.39, 0.29) is 11.5 Å². The van der Waals surface area contributed by atoms with E-state index in [1.807, 2.05) is 12.1 Å². The standard InChI is InChI=1S/C13H18N2O.C7H13NO2/c1-13-6-7-14(2)12(13)15(3)11-5-4-9(16)8-10(11)13;9-7(10)8-6-4-2-1-3-5-6/h4-5,8,12,16H,6-7H2,1-3H3;6,8H,1-5H2,(H,9,10). The molecule has 6 heteroatoms. The fourth-order valence-corrected chi connectivity index (χ4v) is 4.99. The summed E-state index contributed by atoms with van der Waals surface area (Å²) in [6, 6.07) is 5.97. The van der Waals surface area contributed by atoms with Crippen molar-refractivity contribution < 1.29 is 15.0 Å². The zero-order valence-corrected chi connectivity index (χ0v) is 16.0. The van der Waals surface area contributed by atoms with Crippen molar-refractivity contribution in [3.05, 3.63) is 23.8 Å². The van der Waals surface area contributed by atoms with Crippen LogP contribution in [0.3, 0.4) is 0 Å². The molecule has 2 atom stereocenters. The maximum absolute atomic E-state index is 10.2. The highest BCUT2D eigenvalue weighted by molar-refractivity contribution is 5.66. The molecular weight excluding hydrogens is 330 g/mol. The van der Waals surface area contributed by atoms with E-state index in [9.17, 15) is 9.90 Å². The van der Waals surface area contributed by atoms with E-state index in [1.54, 1.807) is 6.07 Å². The number of phenolic OH excluding ortho intramolecular Hbond substituents is 1. The number of benzene rings is 1. The molecule has 4 rings (SSSR count). The van der Waals surface area contributed by atoms with Gasteiger partial charge >= 0.3 is 6.09 Å². The third-order valence-electron chi connectivity index (χ3n) is 6.25. The molecule has 2 unspecified atom stereocenters. The van der Waals surface area contributed by atoms with Crippen molar-refractivity contribution in [2.24, 2.45) is 0 Å². The Hall–Kier alpha value is -1.95. The zero-order chi connectivity index (χ0) is 18.9. The molecule has 1 amide bonds. The number of likely N-dealkylation sites (tertiary alicyclic amines) is 1. The van der Waals surface area contributed by atoms with Crippen LogP contribution >= 0.6 is 0 Å². The molecule has 144 valence electrons. The molecule has 0 spiro atoms. The summed E-state index contributed by atoms with van der Waals surface area (Å²) in [5.41, 5.74) is 2.72. The number of amides is 1. The average Bonchev–Trinajstić information content (AvgIpc) is 3.01. The molecule has 2 heterocycles. The van der Waals surface area contributed by atoms with Crippen molar-refractivity contribution in [1.82, 2.24) is 10.2 Å². The van der Waals surface area contributed by atoms with E-state index >= 15 is 0 Å². The van der Waals surface area contributed by atoms with E-state index < -0.39 is 6.09 Å². The number of aromatic hydroxyl groups is 1. The molecule has 0 aromatic heterocycles. The SMILES string of the molecule is CN1CCC2(C)c3cc(O)ccc3N(C)C12.O=C(O)NC1CCCCC1. The summed E-state index contributed by atoms with van der Waals surface area (Å²) >= 11 is 0. The van der Waals surface area contributed by atoms with Gasteiger partial charge < -0.3 is 20.4 Å². The van der Waals surface area contributed by atoms with Crippen LogP contribution in [0.15, 0.2) is 18.2 Å². The normalized spacial score (nSPS) is 28.1. The summed E-state index contributed by atoms with van der Waals surface area (Å²) in [6.45, 7) is 3.43. The van der Waals surface area contributed by atoms with Crippen molar-refractivity contribution >= 4 is 11.8 Å². The van der Waals surface area contributed by atoms with Crippen molar-refractivity contribution in [2.75, 3.05) is 25.5 Å². The Morgan fingerprint density at radius 1 is 1.23 bits per heavy atom. The van der Waals surface area contributed by atoms with Gasteiger partial charge in [-0.3, -0.25) is 4.90 Å². The smallest absolute Gasteiger partial charge is 0.404 e. The summed E-state index contributed by atoms with van der Waals surface area (Å²) in [7, 11) is 4.33. The molecule has 6 nitrogen and oxygen atoms in total. The van der Waals surface area contributed by atoms with E-state index in [4.69, 9.17) is 5.11 Å². The number of hydrogen-bond donors (Lipinski definition) is 3. The number of nitrogens with one attached hydrogen (secondary N) is 1. The van der Waals surface area contributed by atoms with Crippen LogP contribution in [-0.4, -0.2) is 54.1 Å². The molecule has 1 aromatic carbocycles. The van der Waals surface area contributed by atoms with Gasteiger partial charge in [0, 0.05) is 30.7 Å². The van der Waals surface area contributed by atoms with Gasteiger partial charge in [0.2, 0.25) is 0 Å². The minimum absolute atomic E-state index is 0.164. The van der Waals surface area contributed by atoms with Gasteiger partial charge in [0.15, 0.2) is 0 Å². The van der Waals surface area contributed by atoms with Crippen LogP contribution < -0.4 is 10.2 Å². The topological polar surface area (TPSA) is 76.0 Å². The van der Waals surface area contributed by atoms with Crippen molar-refractivity contribution in [2.45, 2.75) is 63.1 Å². The summed E-state index contributed by atoms with van der Waals surface area (Å²) < 4.78 is 0. The molecule has 0 radical (unpaired) electrons. The van der Waals surface area contributed by atoms with Crippen molar-refractivity contribution in [3.8, 4) is 5.75 Å². The first-order chi connectivity index (χ1) is 12.3. The van der Waals surface area contributed by atoms with Crippen molar-refractivity contribution in [3.63, 3.8) is 0 Å². The summed E-state index contributed by atoms with van der Waals surface area (Å²) in [6.07, 6.45) is 6.36. The van der Waals surface area contributed by atoms with Gasteiger partial charge in [-0.25, -0.2) is 4.79 Å². The maximum Gasteiger partial charge on any atom is 0.404 e. The third kappa shape index (κ3) is 3.47. The van der Waals surface area contributed by atoms with E-state index in [1.165, 1.54) is 30.5 Å². The Morgan fingerprint density at radius 2 is 1.92 bits per heavy atom. The van der Waals surface area contributed by atoms with Gasteiger partial charge in [-0.2, -0.15) is 0 Å². The number of fused-ring (bicyclic) bond motifs is 3. The van der Waals surface area contributed by atoms with E-state index in [0.29, 0.717) is 11.9 Å². The second-order valence-corrected chi connectivity index (χ2v) is 8.12. The highest BCUT2D eigenvalue weighted by Crippen LogP contribution is 2.51. The predicted molar refractivity (Wildman–Crippen MR) is 103 cm³/mol. The van der Waals surface area contributed by atoms with Crippen LogP contribution in [0.1, 0.15) is 51.0 Å². The lowest BCUT2D eigenvalue weighted by atomic mass is 9.81. The third-order valence-corrected chi connectivity index (χ3v) is 6.25. The Kier molecular flexibility index (Phi) is 5.32. The lowest BCUT2D eigenvalue weighted by Gasteiger charge is -2.32. The molecule has 1 aliphatic carbocycles. The number of carboxylic acid groups (broad SMARTS) is 1. The second kappa shape index (κ2) is 7.35. The second-order valence-electron chi connectivity index (χ2n) is 8.12. The first kappa shape index (κ1) is 18.8. The van der Waals surface area contributed by atoms with Gasteiger partial charge in [0.25, 0.3) is 0 Å². The molecule has 2 fully saturated rings. The van der Waals surface area contributed by atoms with Crippen molar-refractivity contribution in [1.29, 1.82) is 0 Å². The number of phenols is 1. The number of anilines is 1. The molecule has 2 aliphatic heterocycles. The van der Waals surface area contributed by atoms with Crippen LogP contribution in [0.4, 0.5) is 10.5 Å². The molecule has 3 N–H and O–H groups in total. The van der Waals surface area contributed by atoms with Gasteiger partial charge in [-0.05, 0) is 50.1 Å². The minimum Gasteiger partial charge on any atom is -0.508 e. The molecule has 1 saturated heterocycles. The van der Waals surface area contributed by atoms with E-state index in [2.05, 4.69) is 36.1 Å². The first-order valence-corrected chi connectivity index (χ1v) is 9.59. The highest BCUT2D eigenvalue weighted by atomic mass is 16.4. The number of rotatable bonds is 1. The molecule has 1 saturated carbocycles. The molecule has 26 heavy (non-hydrogen) atoms. The van der Waals surface area contributed by atoms with Crippen LogP contribution in [0.25, 0.3) is 0 Å². The Balaban J connectivity index is 0.000000170. The largest absolute Gasteiger partial charge is 0.508 e. The van der Waals surface area contributed by atoms with Crippen LogP contribution in [-0.2, 0) is 5.41 Å². The quantitative estimate of drug-likeness (QED) is 0.715. The fourth-order valence-electron chi connectivity index (χ4n) is 4.99. The van der Waals surface area contributed by atoms with Crippen LogP contribution in [0, 0.1) is 0 Å². The van der Waals surface area contributed by atoms with Gasteiger partial charge in [-0.15, -0.1) is 0 Å². The zero-order valence-electron chi connectivity index (χ0n) is 16.0. The Morgan fingerprint density at radius 3 is 2.58 bits per heavy atom. The van der Waals surface area contributed by atoms with Gasteiger partial charge in [0.1, 0.15) is 5.75 Å². The Bertz CT molecular complexity index is 660. The monoisotopic (exact) mass is 361 g/mol. The molecule has 3 aliphatic rings. The number of likely N-dealkylation sites (N-methyl/N-ethyl adjacent to an activating group) is 2. The lowest BCUT2D eigenvalue weighted by Crippen LogP contribution is -2.45. The highest BCUT2D eigenvalue weighted by Gasteiger charge is 2.52. The summed E-state index contributed by atoms with van der Waals surface area (Å²) in [5, 5.41) is 20.5. The molecule has 0 bridgehead atoms. The summed E-state index contributed by atoms with van der Waals surface area (Å²) in [5.74, 6) is 0.378. The number of nitrogens with zero attached hydrogens (tertiary/aromatic N) is 2. The lowest BCUT2D eigenvalue weighted by molar-refractivity contribution is 0.186. The minimum atomic E-state index is -0.882. The van der Waals surface area contributed by atoms with E-state index in [0.717, 1.165) is 25.8 Å². The first-order valence-electron chi connectivity index (χ1n) is 9.59. The summed E-state index contributed by atoms with van der Waals surface area (Å²) in [4.78, 5) is 14.9. The number of hydrogen-bond acceptors (Lipinski definition) is 4. The van der Waals surface area contributed by atoms with Gasteiger partial charge in [0.05, 0.1) is 6.17 Å². The van der Waals surface area contributed by atoms with Crippen LogP contribution in [0.5, 0.6) is 5.75 Å². The molecule has 1 aromatic rings.